The van der Waals surface area contributed by atoms with Crippen LogP contribution in [-0.4, -0.2) is 10.5 Å². The molecule has 0 aliphatic rings. The molecule has 1 heterocycles. The molecule has 0 unspecified atom stereocenters. The first kappa shape index (κ1) is 24.1. The van der Waals surface area contributed by atoms with Gasteiger partial charge in [-0.25, -0.2) is 0 Å². The second-order valence-corrected chi connectivity index (χ2v) is 10.3. The van der Waals surface area contributed by atoms with Crippen molar-refractivity contribution in [1.29, 1.82) is 0 Å². The van der Waals surface area contributed by atoms with Gasteiger partial charge in [0.25, 0.3) is 5.91 Å². The van der Waals surface area contributed by atoms with Crippen LogP contribution in [0.25, 0.3) is 22.0 Å². The second kappa shape index (κ2) is 10.2. The Labute approximate surface area is 220 Å². The maximum atomic E-state index is 12.9. The SMILES string of the molecule is Cc1ccccc1-c1ccc(Cn2c(C)c(C)c3cc(C(=O)NCc4ccc(Br)cc4)ccc32)cc1. The first-order valence-electron chi connectivity index (χ1n) is 12.2. The van der Waals surface area contributed by atoms with E-state index in [4.69, 9.17) is 0 Å². The molecule has 5 rings (SSSR count). The summed E-state index contributed by atoms with van der Waals surface area (Å²) in [7, 11) is 0. The third kappa shape index (κ3) is 4.87. The van der Waals surface area contributed by atoms with Gasteiger partial charge in [0.15, 0.2) is 0 Å². The molecule has 3 nitrogen and oxygen atoms in total. The predicted molar refractivity (Wildman–Crippen MR) is 152 cm³/mol. The smallest absolute Gasteiger partial charge is 0.251 e. The van der Waals surface area contributed by atoms with Crippen molar-refractivity contribution in [3.8, 4) is 11.1 Å². The van der Waals surface area contributed by atoms with Crippen LogP contribution < -0.4 is 5.32 Å². The number of fused-ring (bicyclic) bond motifs is 1. The molecular formula is C32H29BrN2O. The van der Waals surface area contributed by atoms with E-state index in [0.717, 1.165) is 27.5 Å². The van der Waals surface area contributed by atoms with Crippen LogP contribution in [0.5, 0.6) is 0 Å². The molecule has 180 valence electrons. The monoisotopic (exact) mass is 536 g/mol. The Kier molecular flexibility index (Phi) is 6.80. The lowest BCUT2D eigenvalue weighted by Gasteiger charge is -2.11. The number of aryl methyl sites for hydroxylation is 2. The van der Waals surface area contributed by atoms with Crippen molar-refractivity contribution in [2.75, 3.05) is 0 Å². The van der Waals surface area contributed by atoms with Crippen LogP contribution in [0.15, 0.2) is 95.5 Å². The number of carbonyl (C=O) groups is 1. The number of halogens is 1. The molecule has 0 saturated heterocycles. The normalized spacial score (nSPS) is 11.1. The molecule has 0 spiro atoms. The number of hydrogen-bond acceptors (Lipinski definition) is 1. The summed E-state index contributed by atoms with van der Waals surface area (Å²) in [5.74, 6) is -0.0589. The van der Waals surface area contributed by atoms with Crippen molar-refractivity contribution in [3.63, 3.8) is 0 Å². The lowest BCUT2D eigenvalue weighted by atomic mass is 9.99. The summed E-state index contributed by atoms with van der Waals surface area (Å²) in [5.41, 5.74) is 10.4. The number of nitrogens with zero attached hydrogens (tertiary/aromatic N) is 1. The molecular weight excluding hydrogens is 508 g/mol. The summed E-state index contributed by atoms with van der Waals surface area (Å²) in [6, 6.07) is 31.3. The van der Waals surface area contributed by atoms with E-state index in [0.29, 0.717) is 12.1 Å². The highest BCUT2D eigenvalue weighted by atomic mass is 79.9. The highest BCUT2D eigenvalue weighted by Crippen LogP contribution is 2.28. The Hall–Kier alpha value is -3.63. The minimum Gasteiger partial charge on any atom is -0.348 e. The minimum absolute atomic E-state index is 0.0589. The van der Waals surface area contributed by atoms with E-state index in [9.17, 15) is 4.79 Å². The third-order valence-corrected chi connectivity index (χ3v) is 7.55. The first-order chi connectivity index (χ1) is 17.4. The van der Waals surface area contributed by atoms with E-state index in [2.05, 4.69) is 101 Å². The Balaban J connectivity index is 1.36. The van der Waals surface area contributed by atoms with E-state index in [-0.39, 0.29) is 5.91 Å². The molecule has 0 saturated carbocycles. The Bertz CT molecular complexity index is 1550. The van der Waals surface area contributed by atoms with E-state index in [1.54, 1.807) is 0 Å². The molecule has 36 heavy (non-hydrogen) atoms. The zero-order valence-electron chi connectivity index (χ0n) is 20.8. The van der Waals surface area contributed by atoms with E-state index in [1.165, 1.54) is 33.5 Å². The van der Waals surface area contributed by atoms with E-state index < -0.39 is 0 Å². The molecule has 0 atom stereocenters. The topological polar surface area (TPSA) is 34.0 Å². The molecule has 0 aliphatic carbocycles. The zero-order valence-corrected chi connectivity index (χ0v) is 22.4. The number of aromatic nitrogens is 1. The van der Waals surface area contributed by atoms with Crippen LogP contribution in [0.2, 0.25) is 0 Å². The molecule has 5 aromatic rings. The van der Waals surface area contributed by atoms with Crippen LogP contribution in [0, 0.1) is 20.8 Å². The standard InChI is InChI=1S/C32H29BrN2O/c1-21-6-4-5-7-29(21)26-12-8-25(9-13-26)20-35-23(3)22(2)30-18-27(14-17-31(30)35)32(36)34-19-24-10-15-28(33)16-11-24/h4-18H,19-20H2,1-3H3,(H,34,36). The number of nitrogens with one attached hydrogen (secondary N) is 1. The van der Waals surface area contributed by atoms with Gasteiger partial charge in [0.1, 0.15) is 0 Å². The first-order valence-corrected chi connectivity index (χ1v) is 13.0. The van der Waals surface area contributed by atoms with Gasteiger partial charge in [0, 0.05) is 39.7 Å². The quantitative estimate of drug-likeness (QED) is 0.234. The number of rotatable bonds is 6. The van der Waals surface area contributed by atoms with Crippen LogP contribution >= 0.6 is 15.9 Å². The van der Waals surface area contributed by atoms with Crippen molar-refractivity contribution in [2.24, 2.45) is 0 Å². The van der Waals surface area contributed by atoms with Crippen molar-refractivity contribution >= 4 is 32.7 Å². The van der Waals surface area contributed by atoms with Crippen molar-refractivity contribution in [3.05, 3.63) is 129 Å². The Morgan fingerprint density at radius 3 is 2.25 bits per heavy atom. The zero-order chi connectivity index (χ0) is 25.2. The van der Waals surface area contributed by atoms with E-state index in [1.807, 2.05) is 36.4 Å². The van der Waals surface area contributed by atoms with Gasteiger partial charge >= 0.3 is 0 Å². The molecule has 0 bridgehead atoms. The van der Waals surface area contributed by atoms with Gasteiger partial charge in [-0.1, -0.05) is 76.6 Å². The number of amides is 1. The van der Waals surface area contributed by atoms with Crippen LogP contribution in [0.1, 0.15) is 38.3 Å². The molecule has 1 amide bonds. The molecule has 0 fully saturated rings. The van der Waals surface area contributed by atoms with Crippen LogP contribution in [-0.2, 0) is 13.1 Å². The predicted octanol–water partition coefficient (Wildman–Crippen LogP) is 7.97. The van der Waals surface area contributed by atoms with Crippen LogP contribution in [0.4, 0.5) is 0 Å². The summed E-state index contributed by atoms with van der Waals surface area (Å²) in [4.78, 5) is 12.9. The second-order valence-electron chi connectivity index (χ2n) is 9.35. The maximum Gasteiger partial charge on any atom is 0.251 e. The fraction of sp³-hybridized carbons (Fsp3) is 0.156. The fourth-order valence-electron chi connectivity index (χ4n) is 4.75. The maximum absolute atomic E-state index is 12.9. The van der Waals surface area contributed by atoms with Gasteiger partial charge in [-0.05, 0) is 84.5 Å². The highest BCUT2D eigenvalue weighted by molar-refractivity contribution is 9.10. The summed E-state index contributed by atoms with van der Waals surface area (Å²) < 4.78 is 3.37. The van der Waals surface area contributed by atoms with Crippen molar-refractivity contribution in [1.82, 2.24) is 9.88 Å². The average Bonchev–Trinajstić information content (AvgIpc) is 3.13. The van der Waals surface area contributed by atoms with Gasteiger partial charge in [-0.15, -0.1) is 0 Å². The van der Waals surface area contributed by atoms with Gasteiger partial charge in [0.05, 0.1) is 0 Å². The van der Waals surface area contributed by atoms with Gasteiger partial charge in [-0.3, -0.25) is 4.79 Å². The van der Waals surface area contributed by atoms with Crippen molar-refractivity contribution < 1.29 is 4.79 Å². The number of benzene rings is 4. The van der Waals surface area contributed by atoms with E-state index >= 15 is 0 Å². The largest absolute Gasteiger partial charge is 0.348 e. The number of carbonyl (C=O) groups excluding carboxylic acids is 1. The molecule has 4 aromatic carbocycles. The fourth-order valence-corrected chi connectivity index (χ4v) is 5.01. The van der Waals surface area contributed by atoms with Gasteiger partial charge < -0.3 is 9.88 Å². The lowest BCUT2D eigenvalue weighted by Crippen LogP contribution is -2.22. The third-order valence-electron chi connectivity index (χ3n) is 7.02. The van der Waals surface area contributed by atoms with Gasteiger partial charge in [0.2, 0.25) is 0 Å². The summed E-state index contributed by atoms with van der Waals surface area (Å²) in [5, 5.41) is 4.17. The highest BCUT2D eigenvalue weighted by Gasteiger charge is 2.14. The summed E-state index contributed by atoms with van der Waals surface area (Å²) >= 11 is 3.45. The summed E-state index contributed by atoms with van der Waals surface area (Å²) in [6.45, 7) is 7.74. The van der Waals surface area contributed by atoms with Crippen LogP contribution in [0.3, 0.4) is 0 Å². The Morgan fingerprint density at radius 2 is 1.53 bits per heavy atom. The Morgan fingerprint density at radius 1 is 0.833 bits per heavy atom. The van der Waals surface area contributed by atoms with Crippen molar-refractivity contribution in [2.45, 2.75) is 33.9 Å². The molecule has 1 aromatic heterocycles. The van der Waals surface area contributed by atoms with Gasteiger partial charge in [-0.2, -0.15) is 0 Å². The average molecular weight is 538 g/mol. The molecule has 0 aliphatic heterocycles. The lowest BCUT2D eigenvalue weighted by molar-refractivity contribution is 0.0951. The number of hydrogen-bond donors (Lipinski definition) is 1. The molecule has 4 heteroatoms. The molecule has 1 N–H and O–H groups in total. The molecule has 0 radical (unpaired) electrons. The minimum atomic E-state index is -0.0589. The summed E-state index contributed by atoms with van der Waals surface area (Å²) in [6.07, 6.45) is 0.